The molecule has 126 valence electrons. The summed E-state index contributed by atoms with van der Waals surface area (Å²) in [6.45, 7) is 7.21. The van der Waals surface area contributed by atoms with Crippen LogP contribution in [0.5, 0.6) is 0 Å². The van der Waals surface area contributed by atoms with Crippen molar-refractivity contribution in [3.05, 3.63) is 47.5 Å². The maximum Gasteiger partial charge on any atom is 0.408 e. The zero-order valence-corrected chi connectivity index (χ0v) is 14.1. The highest BCUT2D eigenvalue weighted by atomic mass is 16.6. The number of hydrogen-bond acceptors (Lipinski definition) is 3. The van der Waals surface area contributed by atoms with Gasteiger partial charge in [0.2, 0.25) is 0 Å². The first kappa shape index (κ1) is 18.7. The van der Waals surface area contributed by atoms with Crippen LogP contribution in [0.3, 0.4) is 0 Å². The monoisotopic (exact) mass is 319 g/mol. The molecule has 23 heavy (non-hydrogen) atoms. The van der Waals surface area contributed by atoms with Crippen LogP contribution in [0.15, 0.2) is 42.0 Å². The first-order valence-corrected chi connectivity index (χ1v) is 7.59. The zero-order chi connectivity index (χ0) is 17.5. The van der Waals surface area contributed by atoms with E-state index in [1.165, 1.54) is 0 Å². The Morgan fingerprint density at radius 3 is 2.39 bits per heavy atom. The molecule has 0 aliphatic rings. The first-order chi connectivity index (χ1) is 10.7. The predicted molar refractivity (Wildman–Crippen MR) is 89.3 cm³/mol. The second kappa shape index (κ2) is 8.36. The summed E-state index contributed by atoms with van der Waals surface area (Å²) in [5.74, 6) is -0.903. The zero-order valence-electron chi connectivity index (χ0n) is 14.1. The normalized spacial score (nSPS) is 13.3. The highest BCUT2D eigenvalue weighted by molar-refractivity contribution is 5.70. The first-order valence-electron chi connectivity index (χ1n) is 7.59. The van der Waals surface area contributed by atoms with Crippen molar-refractivity contribution in [1.82, 2.24) is 5.32 Å². The van der Waals surface area contributed by atoms with Crippen molar-refractivity contribution in [3.63, 3.8) is 0 Å². The maximum atomic E-state index is 12.0. The summed E-state index contributed by atoms with van der Waals surface area (Å²) in [7, 11) is 0. The predicted octanol–water partition coefficient (Wildman–Crippen LogP) is 3.54. The van der Waals surface area contributed by atoms with Crippen molar-refractivity contribution in [1.29, 1.82) is 0 Å². The summed E-state index contributed by atoms with van der Waals surface area (Å²) in [6, 6.07) is 9.40. The Morgan fingerprint density at radius 2 is 1.87 bits per heavy atom. The molecule has 0 aliphatic carbocycles. The molecule has 0 spiro atoms. The number of carboxylic acids is 1. The molecule has 0 aromatic heterocycles. The molecular weight excluding hydrogens is 294 g/mol. The van der Waals surface area contributed by atoms with Crippen LogP contribution in [-0.4, -0.2) is 28.8 Å². The molecule has 1 aromatic carbocycles. The lowest BCUT2D eigenvalue weighted by Gasteiger charge is -2.24. The minimum atomic E-state index is -0.903. The fraction of sp³-hybridized carbons (Fsp3) is 0.444. The van der Waals surface area contributed by atoms with E-state index in [1.807, 2.05) is 37.3 Å². The Kier molecular flexibility index (Phi) is 6.82. The average molecular weight is 319 g/mol. The van der Waals surface area contributed by atoms with Crippen molar-refractivity contribution in [2.45, 2.75) is 52.2 Å². The largest absolute Gasteiger partial charge is 0.481 e. The number of nitrogens with one attached hydrogen (secondary N) is 1. The van der Waals surface area contributed by atoms with Crippen LogP contribution in [-0.2, 0) is 16.0 Å². The van der Waals surface area contributed by atoms with Gasteiger partial charge >= 0.3 is 12.1 Å². The van der Waals surface area contributed by atoms with E-state index in [2.05, 4.69) is 5.32 Å². The highest BCUT2D eigenvalue weighted by Gasteiger charge is 2.20. The number of amides is 1. The van der Waals surface area contributed by atoms with Gasteiger partial charge in [0.05, 0.1) is 12.5 Å². The van der Waals surface area contributed by atoms with Gasteiger partial charge in [-0.3, -0.25) is 4.79 Å². The van der Waals surface area contributed by atoms with Gasteiger partial charge in [-0.15, -0.1) is 0 Å². The number of hydrogen-bond donors (Lipinski definition) is 2. The van der Waals surface area contributed by atoms with E-state index in [9.17, 15) is 9.59 Å². The Bertz CT molecular complexity index is 558. The third kappa shape index (κ3) is 8.04. The number of ether oxygens (including phenoxy) is 1. The van der Waals surface area contributed by atoms with Gasteiger partial charge in [0.1, 0.15) is 5.60 Å². The van der Waals surface area contributed by atoms with Crippen molar-refractivity contribution in [2.24, 2.45) is 0 Å². The Labute approximate surface area is 137 Å². The molecule has 1 rings (SSSR count). The SMILES string of the molecule is C/C(=C\CC(=O)O)[C@H](Cc1ccccc1)NC(=O)OC(C)(C)C. The number of rotatable bonds is 6. The summed E-state index contributed by atoms with van der Waals surface area (Å²) in [4.78, 5) is 22.8. The lowest BCUT2D eigenvalue weighted by molar-refractivity contribution is -0.136. The number of carbonyl (C=O) groups is 2. The molecule has 5 nitrogen and oxygen atoms in total. The third-order valence-electron chi connectivity index (χ3n) is 3.12. The molecule has 0 radical (unpaired) electrons. The van der Waals surface area contributed by atoms with Crippen LogP contribution in [0.2, 0.25) is 0 Å². The number of aliphatic carboxylic acids is 1. The van der Waals surface area contributed by atoms with Gasteiger partial charge in [0.15, 0.2) is 0 Å². The molecule has 0 bridgehead atoms. The van der Waals surface area contributed by atoms with E-state index >= 15 is 0 Å². The van der Waals surface area contributed by atoms with Gasteiger partial charge in [0.25, 0.3) is 0 Å². The Balaban J connectivity index is 2.85. The van der Waals surface area contributed by atoms with E-state index in [0.29, 0.717) is 6.42 Å². The molecule has 0 unspecified atom stereocenters. The van der Waals surface area contributed by atoms with Crippen LogP contribution in [0.1, 0.15) is 39.7 Å². The van der Waals surface area contributed by atoms with Crippen molar-refractivity contribution < 1.29 is 19.4 Å². The molecule has 0 aliphatic heterocycles. The van der Waals surface area contributed by atoms with Crippen molar-refractivity contribution in [3.8, 4) is 0 Å². The number of carbonyl (C=O) groups excluding carboxylic acids is 1. The van der Waals surface area contributed by atoms with E-state index in [1.54, 1.807) is 26.8 Å². The van der Waals surface area contributed by atoms with Crippen LogP contribution < -0.4 is 5.32 Å². The maximum absolute atomic E-state index is 12.0. The minimum Gasteiger partial charge on any atom is -0.481 e. The van der Waals surface area contributed by atoms with Gasteiger partial charge < -0.3 is 15.2 Å². The van der Waals surface area contributed by atoms with Crippen LogP contribution in [0.4, 0.5) is 4.79 Å². The third-order valence-corrected chi connectivity index (χ3v) is 3.12. The fourth-order valence-corrected chi connectivity index (χ4v) is 2.02. The molecule has 5 heteroatoms. The summed E-state index contributed by atoms with van der Waals surface area (Å²) >= 11 is 0. The van der Waals surface area contributed by atoms with E-state index in [4.69, 9.17) is 9.84 Å². The Hall–Kier alpha value is -2.30. The highest BCUT2D eigenvalue weighted by Crippen LogP contribution is 2.13. The van der Waals surface area contributed by atoms with Crippen molar-refractivity contribution in [2.75, 3.05) is 0 Å². The lowest BCUT2D eigenvalue weighted by atomic mass is 9.99. The lowest BCUT2D eigenvalue weighted by Crippen LogP contribution is -2.41. The van der Waals surface area contributed by atoms with E-state index < -0.39 is 17.7 Å². The van der Waals surface area contributed by atoms with Gasteiger partial charge in [-0.1, -0.05) is 42.0 Å². The van der Waals surface area contributed by atoms with Crippen LogP contribution >= 0.6 is 0 Å². The van der Waals surface area contributed by atoms with E-state index in [-0.39, 0.29) is 12.5 Å². The second-order valence-corrected chi connectivity index (χ2v) is 6.43. The summed E-state index contributed by atoms with van der Waals surface area (Å²) in [6.07, 6.45) is 1.60. The quantitative estimate of drug-likeness (QED) is 0.786. The average Bonchev–Trinajstić information content (AvgIpc) is 2.43. The molecular formula is C18H25NO4. The molecule has 1 amide bonds. The summed E-state index contributed by atoms with van der Waals surface area (Å²) in [5.41, 5.74) is 1.26. The standard InChI is InChI=1S/C18H25NO4/c1-13(10-11-16(20)21)15(12-14-8-6-5-7-9-14)19-17(22)23-18(2,3)4/h5-10,15H,11-12H2,1-4H3,(H,19,22)(H,20,21)/b13-10+/t15-/m0/s1. The Morgan fingerprint density at radius 1 is 1.26 bits per heavy atom. The van der Waals surface area contributed by atoms with Gasteiger partial charge in [-0.2, -0.15) is 0 Å². The number of carboxylic acid groups (broad SMARTS) is 1. The van der Waals surface area contributed by atoms with Crippen LogP contribution in [0.25, 0.3) is 0 Å². The second-order valence-electron chi connectivity index (χ2n) is 6.43. The number of benzene rings is 1. The molecule has 0 fully saturated rings. The molecule has 0 heterocycles. The number of alkyl carbamates (subject to hydrolysis) is 1. The molecule has 0 saturated carbocycles. The van der Waals surface area contributed by atoms with Gasteiger partial charge in [-0.25, -0.2) is 4.79 Å². The minimum absolute atomic E-state index is 0.0763. The van der Waals surface area contributed by atoms with Gasteiger partial charge in [0, 0.05) is 0 Å². The van der Waals surface area contributed by atoms with Gasteiger partial charge in [-0.05, 0) is 39.7 Å². The molecule has 2 N–H and O–H groups in total. The fourth-order valence-electron chi connectivity index (χ4n) is 2.02. The van der Waals surface area contributed by atoms with E-state index in [0.717, 1.165) is 11.1 Å². The molecule has 0 saturated heterocycles. The smallest absolute Gasteiger partial charge is 0.408 e. The van der Waals surface area contributed by atoms with Crippen molar-refractivity contribution >= 4 is 12.1 Å². The topological polar surface area (TPSA) is 75.6 Å². The summed E-state index contributed by atoms with van der Waals surface area (Å²) in [5, 5.41) is 11.6. The molecule has 1 atom stereocenters. The summed E-state index contributed by atoms with van der Waals surface area (Å²) < 4.78 is 5.29. The van der Waals surface area contributed by atoms with Crippen LogP contribution in [0, 0.1) is 0 Å². The molecule has 1 aromatic rings.